The first kappa shape index (κ1) is 37.8. The molecule has 0 saturated heterocycles. The minimum absolute atomic E-state index is 0.188. The highest BCUT2D eigenvalue weighted by Gasteiger charge is 2.23. The molecular formula is C39H48N6O7. The summed E-state index contributed by atoms with van der Waals surface area (Å²) in [5.74, 6) is 0.481. The molecule has 13 heteroatoms. The second kappa shape index (κ2) is 15.4. The molecule has 13 nitrogen and oxygen atoms in total. The zero-order valence-electron chi connectivity index (χ0n) is 31.5. The predicted molar refractivity (Wildman–Crippen MR) is 199 cm³/mol. The molecule has 52 heavy (non-hydrogen) atoms. The highest BCUT2D eigenvalue weighted by Crippen LogP contribution is 2.36. The van der Waals surface area contributed by atoms with Crippen LogP contribution < -0.4 is 10.1 Å². The van der Waals surface area contributed by atoms with Crippen molar-refractivity contribution in [3.05, 3.63) is 54.4 Å². The van der Waals surface area contributed by atoms with Crippen LogP contribution in [0.5, 0.6) is 5.75 Å². The number of hydrogen-bond donors (Lipinski definition) is 1. The van der Waals surface area contributed by atoms with Gasteiger partial charge in [0.05, 0.1) is 42.4 Å². The van der Waals surface area contributed by atoms with Crippen LogP contribution in [0.15, 0.2) is 48.8 Å². The van der Waals surface area contributed by atoms with Gasteiger partial charge < -0.3 is 28.1 Å². The van der Waals surface area contributed by atoms with Crippen molar-refractivity contribution in [2.75, 3.05) is 19.5 Å². The highest BCUT2D eigenvalue weighted by atomic mass is 16.6. The number of pyridine rings is 2. The number of imidazole rings is 1. The molecule has 0 aliphatic carbocycles. The largest absolute Gasteiger partial charge is 0.494 e. The summed E-state index contributed by atoms with van der Waals surface area (Å²) >= 11 is 0. The number of ether oxygens (including phenoxy) is 4. The van der Waals surface area contributed by atoms with E-state index in [0.29, 0.717) is 52.6 Å². The van der Waals surface area contributed by atoms with Crippen LogP contribution in [0.25, 0.3) is 44.8 Å². The first-order valence-electron chi connectivity index (χ1n) is 17.4. The minimum atomic E-state index is -0.665. The number of carbonyl (C=O) groups is 3. The average Bonchev–Trinajstić information content (AvgIpc) is 3.60. The number of hydrogen-bond acceptors (Lipinski definition) is 10. The molecular weight excluding hydrogens is 664 g/mol. The van der Waals surface area contributed by atoms with E-state index in [4.69, 9.17) is 28.9 Å². The Labute approximate surface area is 303 Å². The maximum absolute atomic E-state index is 12.7. The lowest BCUT2D eigenvalue weighted by Crippen LogP contribution is -2.27. The molecule has 0 aliphatic rings. The molecule has 4 heterocycles. The molecule has 1 N–H and O–H groups in total. The summed E-state index contributed by atoms with van der Waals surface area (Å²) in [7, 11) is 4.80. The van der Waals surface area contributed by atoms with Gasteiger partial charge in [0.2, 0.25) is 0 Å². The van der Waals surface area contributed by atoms with E-state index in [1.54, 1.807) is 58.5 Å². The van der Waals surface area contributed by atoms with Crippen molar-refractivity contribution >= 4 is 45.8 Å². The third-order valence-electron chi connectivity index (χ3n) is 8.21. The summed E-state index contributed by atoms with van der Waals surface area (Å²) in [5.41, 5.74) is 3.79. The van der Waals surface area contributed by atoms with E-state index in [1.165, 1.54) is 7.11 Å². The SMILES string of the molecule is COC(=O)c1cc(OC)c2c(c1)nc(-c1cc3ccc(-c4cnccc4NC(=O)OC(C)(C)C)nc3n1CCCCCCC(=O)OC(C)(C)C)n2C. The Morgan fingerprint density at radius 3 is 2.29 bits per heavy atom. The summed E-state index contributed by atoms with van der Waals surface area (Å²) in [6.45, 7) is 11.6. The Morgan fingerprint density at radius 2 is 1.60 bits per heavy atom. The van der Waals surface area contributed by atoms with Crippen LogP contribution in [0, 0.1) is 0 Å². The van der Waals surface area contributed by atoms with Gasteiger partial charge in [-0.15, -0.1) is 0 Å². The summed E-state index contributed by atoms with van der Waals surface area (Å²) in [4.78, 5) is 51.8. The monoisotopic (exact) mass is 712 g/mol. The first-order valence-corrected chi connectivity index (χ1v) is 17.4. The molecule has 0 unspecified atom stereocenters. The number of nitrogens with zero attached hydrogens (tertiary/aromatic N) is 5. The third kappa shape index (κ3) is 8.87. The fourth-order valence-electron chi connectivity index (χ4n) is 6.03. The van der Waals surface area contributed by atoms with Gasteiger partial charge in [-0.25, -0.2) is 19.6 Å². The van der Waals surface area contributed by atoms with Crippen molar-refractivity contribution < 1.29 is 33.3 Å². The van der Waals surface area contributed by atoms with Crippen molar-refractivity contribution in [1.82, 2.24) is 24.1 Å². The fraction of sp³-hybridized carbons (Fsp3) is 0.436. The van der Waals surface area contributed by atoms with Crippen molar-refractivity contribution in [2.24, 2.45) is 7.05 Å². The number of nitrogens with one attached hydrogen (secondary N) is 1. The zero-order chi connectivity index (χ0) is 37.8. The van der Waals surface area contributed by atoms with E-state index in [1.807, 2.05) is 50.6 Å². The van der Waals surface area contributed by atoms with Gasteiger partial charge in [0, 0.05) is 43.4 Å². The van der Waals surface area contributed by atoms with Crippen molar-refractivity contribution in [1.29, 1.82) is 0 Å². The molecule has 0 saturated carbocycles. The van der Waals surface area contributed by atoms with Crippen LogP contribution in [0.3, 0.4) is 0 Å². The van der Waals surface area contributed by atoms with E-state index < -0.39 is 23.3 Å². The van der Waals surface area contributed by atoms with Crippen molar-refractivity contribution in [2.45, 2.75) is 91.4 Å². The van der Waals surface area contributed by atoms with Gasteiger partial charge in [-0.05, 0) is 90.8 Å². The Morgan fingerprint density at radius 1 is 0.865 bits per heavy atom. The molecule has 0 aliphatic heterocycles. The van der Waals surface area contributed by atoms with E-state index in [9.17, 15) is 14.4 Å². The Hall–Kier alpha value is -5.46. The normalized spacial score (nSPS) is 11.9. The first-order chi connectivity index (χ1) is 24.6. The van der Waals surface area contributed by atoms with Gasteiger partial charge in [-0.1, -0.05) is 12.8 Å². The van der Waals surface area contributed by atoms with Gasteiger partial charge in [0.15, 0.2) is 5.82 Å². The van der Waals surface area contributed by atoms with Gasteiger partial charge in [0.1, 0.15) is 28.1 Å². The number of esters is 2. The lowest BCUT2D eigenvalue weighted by atomic mass is 10.1. The topological polar surface area (TPSA) is 149 Å². The summed E-state index contributed by atoms with van der Waals surface area (Å²) in [6.07, 6.45) is 6.35. The molecule has 0 spiro atoms. The molecule has 5 aromatic rings. The van der Waals surface area contributed by atoms with Crippen LogP contribution in [0.2, 0.25) is 0 Å². The number of rotatable bonds is 12. The molecule has 276 valence electrons. The molecule has 5 rings (SSSR count). The average molecular weight is 713 g/mol. The maximum Gasteiger partial charge on any atom is 0.412 e. The summed E-state index contributed by atoms with van der Waals surface area (Å²) < 4.78 is 25.7. The molecule has 1 aromatic carbocycles. The van der Waals surface area contributed by atoms with Crippen LogP contribution >= 0.6 is 0 Å². The Balaban J connectivity index is 1.53. The van der Waals surface area contributed by atoms with E-state index >= 15 is 0 Å². The number of anilines is 1. The quantitative estimate of drug-likeness (QED) is 0.0764. The number of carbonyl (C=O) groups excluding carboxylic acids is 3. The number of unbranched alkanes of at least 4 members (excludes halogenated alkanes) is 3. The van der Waals surface area contributed by atoms with Crippen molar-refractivity contribution in [3.8, 4) is 28.5 Å². The van der Waals surface area contributed by atoms with Crippen LogP contribution in [0.4, 0.5) is 10.5 Å². The highest BCUT2D eigenvalue weighted by molar-refractivity contribution is 5.98. The van der Waals surface area contributed by atoms with Crippen LogP contribution in [0.1, 0.15) is 84.0 Å². The number of amides is 1. The third-order valence-corrected chi connectivity index (χ3v) is 8.21. The Kier molecular flexibility index (Phi) is 11.2. The zero-order valence-corrected chi connectivity index (χ0v) is 31.5. The lowest BCUT2D eigenvalue weighted by molar-refractivity contribution is -0.154. The van der Waals surface area contributed by atoms with Gasteiger partial charge in [0.25, 0.3) is 0 Å². The molecule has 0 fully saturated rings. The maximum atomic E-state index is 12.7. The molecule has 0 radical (unpaired) electrons. The number of benzene rings is 1. The number of aryl methyl sites for hydroxylation is 2. The number of aromatic nitrogens is 5. The van der Waals surface area contributed by atoms with Crippen LogP contribution in [-0.4, -0.2) is 67.5 Å². The Bertz CT molecular complexity index is 2100. The van der Waals surface area contributed by atoms with Crippen molar-refractivity contribution in [3.63, 3.8) is 0 Å². The molecule has 1 amide bonds. The van der Waals surface area contributed by atoms with E-state index in [-0.39, 0.29) is 5.97 Å². The van der Waals surface area contributed by atoms with Crippen LogP contribution in [-0.2, 0) is 32.6 Å². The predicted octanol–water partition coefficient (Wildman–Crippen LogP) is 8.09. The second-order valence-electron chi connectivity index (χ2n) is 14.6. The summed E-state index contributed by atoms with van der Waals surface area (Å²) in [5, 5.41) is 3.74. The smallest absolute Gasteiger partial charge is 0.412 e. The lowest BCUT2D eigenvalue weighted by Gasteiger charge is -2.20. The number of methoxy groups -OCH3 is 2. The number of fused-ring (bicyclic) bond motifs is 2. The van der Waals surface area contributed by atoms with Gasteiger partial charge in [-0.2, -0.15) is 0 Å². The fourth-order valence-corrected chi connectivity index (χ4v) is 6.03. The van der Waals surface area contributed by atoms with E-state index in [2.05, 4.69) is 14.9 Å². The molecule has 0 bridgehead atoms. The van der Waals surface area contributed by atoms with E-state index in [0.717, 1.165) is 47.9 Å². The second-order valence-corrected chi connectivity index (χ2v) is 14.6. The molecule has 4 aromatic heterocycles. The van der Waals surface area contributed by atoms with Gasteiger partial charge >= 0.3 is 18.0 Å². The minimum Gasteiger partial charge on any atom is -0.494 e. The standard InChI is InChI=1S/C39H48N6O7/c1-38(2,3)51-32(46)14-12-10-11-13-19-45-30(35-42-29-20-25(36(47)50-9)22-31(49-8)33(29)44(35)7)21-24-15-16-27(41-34(24)45)26-23-40-18-17-28(26)43-37(48)52-39(4,5)6/h15-18,20-23H,10-14,19H2,1-9H3,(H,40,43,48). The molecule has 0 atom stereocenters. The van der Waals surface area contributed by atoms with Gasteiger partial charge in [-0.3, -0.25) is 15.1 Å². The summed E-state index contributed by atoms with van der Waals surface area (Å²) in [6, 6.07) is 11.0.